The van der Waals surface area contributed by atoms with E-state index < -0.39 is 6.10 Å². The summed E-state index contributed by atoms with van der Waals surface area (Å²) in [6, 6.07) is 0. The van der Waals surface area contributed by atoms with E-state index in [0.29, 0.717) is 19.3 Å². The van der Waals surface area contributed by atoms with Gasteiger partial charge >= 0.3 is 17.9 Å². The Morgan fingerprint density at radius 1 is 0.280 bits per heavy atom. The van der Waals surface area contributed by atoms with Gasteiger partial charge in [0.15, 0.2) is 6.10 Å². The molecule has 1 unspecified atom stereocenters. The molecule has 0 N–H and O–H groups in total. The van der Waals surface area contributed by atoms with Gasteiger partial charge in [0, 0.05) is 19.3 Å². The second kappa shape index (κ2) is 63.4. The minimum absolute atomic E-state index is 0.0736. The number of hydrogen-bond donors (Lipinski definition) is 0. The Hall–Kier alpha value is -3.15. The molecule has 0 bridgehead atoms. The van der Waals surface area contributed by atoms with E-state index in [4.69, 9.17) is 14.2 Å². The van der Waals surface area contributed by atoms with Crippen molar-refractivity contribution in [2.75, 3.05) is 13.2 Å². The molecule has 434 valence electrons. The number of ether oxygens (including phenoxy) is 3. The van der Waals surface area contributed by atoms with Gasteiger partial charge in [-0.05, 0) is 89.9 Å². The number of esters is 3. The van der Waals surface area contributed by atoms with Crippen LogP contribution in [0.15, 0.2) is 72.9 Å². The lowest BCUT2D eigenvalue weighted by Gasteiger charge is -2.18. The van der Waals surface area contributed by atoms with Crippen LogP contribution >= 0.6 is 0 Å². The van der Waals surface area contributed by atoms with Crippen molar-refractivity contribution in [3.05, 3.63) is 72.9 Å². The van der Waals surface area contributed by atoms with Crippen molar-refractivity contribution in [3.63, 3.8) is 0 Å². The summed E-state index contributed by atoms with van der Waals surface area (Å²) in [6.45, 7) is 6.54. The molecule has 0 radical (unpaired) electrons. The van der Waals surface area contributed by atoms with Crippen LogP contribution in [0.1, 0.15) is 329 Å². The van der Waals surface area contributed by atoms with Gasteiger partial charge in [-0.1, -0.05) is 293 Å². The number of hydrogen-bond acceptors (Lipinski definition) is 6. The van der Waals surface area contributed by atoms with Gasteiger partial charge in [-0.2, -0.15) is 0 Å². The van der Waals surface area contributed by atoms with E-state index in [1.807, 2.05) is 0 Å². The molecule has 0 amide bonds. The van der Waals surface area contributed by atoms with Crippen LogP contribution in [0, 0.1) is 0 Å². The SMILES string of the molecule is CC/C=C\C/C=C\C/C=C\C/C=C\CCCCCCCCCCCCCCC(=O)OCC(COC(=O)CCCCCCCCCCCCCCC)OC(=O)CCCCCCCCCCC/C=C\C/C=C\CCCCC. The lowest BCUT2D eigenvalue weighted by Crippen LogP contribution is -2.30. The van der Waals surface area contributed by atoms with Crippen LogP contribution in [-0.4, -0.2) is 37.2 Å². The topological polar surface area (TPSA) is 78.9 Å². The van der Waals surface area contributed by atoms with E-state index in [2.05, 4.69) is 93.7 Å². The van der Waals surface area contributed by atoms with Gasteiger partial charge in [-0.3, -0.25) is 14.4 Å². The minimum Gasteiger partial charge on any atom is -0.462 e. The summed E-state index contributed by atoms with van der Waals surface area (Å²) in [5.41, 5.74) is 0. The number of allylic oxidation sites excluding steroid dienone is 12. The highest BCUT2D eigenvalue weighted by molar-refractivity contribution is 5.71. The fourth-order valence-electron chi connectivity index (χ4n) is 9.35. The van der Waals surface area contributed by atoms with Crippen molar-refractivity contribution in [2.24, 2.45) is 0 Å². The quantitative estimate of drug-likeness (QED) is 0.0261. The molecular formula is C69H122O6. The van der Waals surface area contributed by atoms with Crippen molar-refractivity contribution in [1.82, 2.24) is 0 Å². The molecule has 0 aromatic heterocycles. The predicted octanol–water partition coefficient (Wildman–Crippen LogP) is 22.1. The van der Waals surface area contributed by atoms with Gasteiger partial charge in [0.05, 0.1) is 0 Å². The summed E-state index contributed by atoms with van der Waals surface area (Å²) in [7, 11) is 0. The third kappa shape index (κ3) is 61.6. The molecule has 75 heavy (non-hydrogen) atoms. The summed E-state index contributed by atoms with van der Waals surface area (Å²) in [4.78, 5) is 38.3. The Labute approximate surface area is 465 Å². The molecule has 0 spiro atoms. The summed E-state index contributed by atoms with van der Waals surface area (Å²) in [6.07, 6.45) is 81.9. The van der Waals surface area contributed by atoms with Crippen molar-refractivity contribution >= 4 is 17.9 Å². The third-order valence-electron chi connectivity index (χ3n) is 14.2. The molecule has 0 aromatic carbocycles. The maximum absolute atomic E-state index is 12.9. The maximum atomic E-state index is 12.9. The molecule has 0 saturated carbocycles. The highest BCUT2D eigenvalue weighted by atomic mass is 16.6. The zero-order valence-electron chi connectivity index (χ0n) is 49.8. The zero-order chi connectivity index (χ0) is 54.3. The molecule has 0 aromatic rings. The first-order valence-corrected chi connectivity index (χ1v) is 32.4. The number of rotatable bonds is 59. The average molecular weight is 1050 g/mol. The van der Waals surface area contributed by atoms with Crippen molar-refractivity contribution in [1.29, 1.82) is 0 Å². The van der Waals surface area contributed by atoms with E-state index in [0.717, 1.165) is 89.9 Å². The maximum Gasteiger partial charge on any atom is 0.306 e. The highest BCUT2D eigenvalue weighted by Crippen LogP contribution is 2.17. The summed E-state index contributed by atoms with van der Waals surface area (Å²) in [5, 5.41) is 0. The monoisotopic (exact) mass is 1050 g/mol. The van der Waals surface area contributed by atoms with Crippen LogP contribution in [0.3, 0.4) is 0 Å². The largest absolute Gasteiger partial charge is 0.462 e. The predicted molar refractivity (Wildman–Crippen MR) is 325 cm³/mol. The fraction of sp³-hybridized carbons (Fsp3) is 0.783. The summed E-state index contributed by atoms with van der Waals surface area (Å²) >= 11 is 0. The Kier molecular flexibility index (Phi) is 60.7. The van der Waals surface area contributed by atoms with Gasteiger partial charge in [0.25, 0.3) is 0 Å². The molecule has 6 nitrogen and oxygen atoms in total. The highest BCUT2D eigenvalue weighted by Gasteiger charge is 2.19. The lowest BCUT2D eigenvalue weighted by atomic mass is 10.0. The number of unbranched alkanes of at least 4 members (excludes halogenated alkanes) is 36. The first kappa shape index (κ1) is 71.8. The number of carbonyl (C=O) groups excluding carboxylic acids is 3. The lowest BCUT2D eigenvalue weighted by molar-refractivity contribution is -0.167. The fourth-order valence-corrected chi connectivity index (χ4v) is 9.35. The number of carbonyl (C=O) groups is 3. The molecule has 0 heterocycles. The Balaban J connectivity index is 4.29. The second-order valence-corrected chi connectivity index (χ2v) is 21.6. The van der Waals surface area contributed by atoms with Gasteiger partial charge in [0.1, 0.15) is 13.2 Å². The van der Waals surface area contributed by atoms with E-state index in [9.17, 15) is 14.4 Å². The molecule has 0 rings (SSSR count). The average Bonchev–Trinajstić information content (AvgIpc) is 3.41. The normalized spacial score (nSPS) is 12.5. The molecule has 0 aliphatic rings. The van der Waals surface area contributed by atoms with E-state index in [1.165, 1.54) is 199 Å². The van der Waals surface area contributed by atoms with Crippen LogP contribution in [0.2, 0.25) is 0 Å². The molecule has 0 saturated heterocycles. The van der Waals surface area contributed by atoms with Gasteiger partial charge in [0.2, 0.25) is 0 Å². The Bertz CT molecular complexity index is 1390. The van der Waals surface area contributed by atoms with Gasteiger partial charge in [-0.15, -0.1) is 0 Å². The van der Waals surface area contributed by atoms with Crippen molar-refractivity contribution in [2.45, 2.75) is 335 Å². The standard InChI is InChI=1S/C69H122O6/c1-4-7-10-13-16-19-22-25-27-29-31-32-33-34-35-36-38-39-41-44-47-50-53-56-59-62-68(71)74-65-66(64-73-67(70)61-58-55-52-49-46-43-24-21-18-15-12-9-6-3)75-69(72)63-60-57-54-51-48-45-42-40-37-30-28-26-23-20-17-14-11-8-5-2/h7,10,16-17,19-20,25-28,31-32,66H,4-6,8-9,11-15,18,21-24,29-30,33-65H2,1-3H3/b10-7-,19-16-,20-17-,27-25-,28-26-,32-31-. The molecule has 0 fully saturated rings. The van der Waals surface area contributed by atoms with Crippen LogP contribution in [0.5, 0.6) is 0 Å². The van der Waals surface area contributed by atoms with E-state index in [-0.39, 0.29) is 31.1 Å². The molecule has 0 aliphatic carbocycles. The van der Waals surface area contributed by atoms with Gasteiger partial charge in [-0.25, -0.2) is 0 Å². The molecule has 0 aliphatic heterocycles. The van der Waals surface area contributed by atoms with Crippen LogP contribution < -0.4 is 0 Å². The zero-order valence-corrected chi connectivity index (χ0v) is 49.8. The minimum atomic E-state index is -0.777. The Morgan fingerprint density at radius 2 is 0.520 bits per heavy atom. The second-order valence-electron chi connectivity index (χ2n) is 21.6. The first-order chi connectivity index (χ1) is 37.0. The van der Waals surface area contributed by atoms with E-state index in [1.54, 1.807) is 0 Å². The third-order valence-corrected chi connectivity index (χ3v) is 14.2. The van der Waals surface area contributed by atoms with Crippen LogP contribution in [0.25, 0.3) is 0 Å². The molecule has 1 atom stereocenters. The Morgan fingerprint density at radius 3 is 0.840 bits per heavy atom. The van der Waals surface area contributed by atoms with E-state index >= 15 is 0 Å². The van der Waals surface area contributed by atoms with Crippen LogP contribution in [0.4, 0.5) is 0 Å². The first-order valence-electron chi connectivity index (χ1n) is 32.4. The van der Waals surface area contributed by atoms with Crippen molar-refractivity contribution < 1.29 is 28.6 Å². The molecular weight excluding hydrogens is 925 g/mol. The smallest absolute Gasteiger partial charge is 0.306 e. The summed E-state index contributed by atoms with van der Waals surface area (Å²) < 4.78 is 16.9. The van der Waals surface area contributed by atoms with Crippen LogP contribution in [-0.2, 0) is 28.6 Å². The van der Waals surface area contributed by atoms with Gasteiger partial charge < -0.3 is 14.2 Å². The van der Waals surface area contributed by atoms with Crippen molar-refractivity contribution in [3.8, 4) is 0 Å². The molecule has 6 heteroatoms. The summed E-state index contributed by atoms with van der Waals surface area (Å²) in [5.74, 6) is -0.863.